The highest BCUT2D eigenvalue weighted by molar-refractivity contribution is 8.00. The summed E-state index contributed by atoms with van der Waals surface area (Å²) in [7, 11) is 1.90. The number of anilines is 1. The highest BCUT2D eigenvalue weighted by Gasteiger charge is 2.23. The predicted molar refractivity (Wildman–Crippen MR) is 122 cm³/mol. The molecule has 2 amide bonds. The van der Waals surface area contributed by atoms with E-state index in [4.69, 9.17) is 4.74 Å². The maximum Gasteiger partial charge on any atom is 0.258 e. The Bertz CT molecular complexity index is 1170. The molecule has 1 aliphatic rings. The van der Waals surface area contributed by atoms with Gasteiger partial charge in [-0.05, 0) is 43.2 Å². The molecule has 156 valence electrons. The zero-order chi connectivity index (χ0) is 21.1. The minimum absolute atomic E-state index is 0.0358. The summed E-state index contributed by atoms with van der Waals surface area (Å²) in [5.41, 5.74) is 3.19. The largest absolute Gasteiger partial charge is 0.494 e. The molecule has 3 aromatic rings. The van der Waals surface area contributed by atoms with Crippen LogP contribution in [0.25, 0.3) is 10.2 Å². The van der Waals surface area contributed by atoms with E-state index in [-0.39, 0.29) is 23.3 Å². The molecule has 8 heteroatoms. The van der Waals surface area contributed by atoms with Crippen LogP contribution in [0.5, 0.6) is 5.75 Å². The van der Waals surface area contributed by atoms with E-state index in [0.717, 1.165) is 28.1 Å². The fourth-order valence-corrected chi connectivity index (χ4v) is 5.25. The molecule has 6 nitrogen and oxygen atoms in total. The van der Waals surface area contributed by atoms with E-state index in [9.17, 15) is 9.59 Å². The molecule has 30 heavy (non-hydrogen) atoms. The average Bonchev–Trinajstić information content (AvgIpc) is 3.29. The van der Waals surface area contributed by atoms with E-state index in [1.807, 2.05) is 59.8 Å². The van der Waals surface area contributed by atoms with E-state index in [0.29, 0.717) is 18.0 Å². The van der Waals surface area contributed by atoms with Gasteiger partial charge in [-0.2, -0.15) is 4.99 Å². The summed E-state index contributed by atoms with van der Waals surface area (Å²) in [5.74, 6) is 1.06. The van der Waals surface area contributed by atoms with Gasteiger partial charge in [-0.1, -0.05) is 29.5 Å². The zero-order valence-corrected chi connectivity index (χ0v) is 18.6. The monoisotopic (exact) mass is 441 g/mol. The van der Waals surface area contributed by atoms with Gasteiger partial charge >= 0.3 is 0 Å². The number of amides is 2. The van der Waals surface area contributed by atoms with Gasteiger partial charge in [0.05, 0.1) is 28.3 Å². The van der Waals surface area contributed by atoms with E-state index in [1.165, 1.54) is 28.7 Å². The van der Waals surface area contributed by atoms with Gasteiger partial charge in [0.15, 0.2) is 4.80 Å². The number of thiazole rings is 1. The smallest absolute Gasteiger partial charge is 0.258 e. The summed E-state index contributed by atoms with van der Waals surface area (Å²) >= 11 is 2.77. The number of aromatic nitrogens is 1. The number of fused-ring (bicyclic) bond motifs is 2. The van der Waals surface area contributed by atoms with Crippen LogP contribution in [-0.2, 0) is 23.1 Å². The number of carbonyl (C=O) groups excluding carboxylic acids is 2. The van der Waals surface area contributed by atoms with Gasteiger partial charge in [-0.15, -0.1) is 11.8 Å². The summed E-state index contributed by atoms with van der Waals surface area (Å²) in [6, 6.07) is 13.8. The van der Waals surface area contributed by atoms with Gasteiger partial charge in [0.1, 0.15) is 5.75 Å². The van der Waals surface area contributed by atoms with Crippen molar-refractivity contribution in [3.63, 3.8) is 0 Å². The fraction of sp³-hybridized carbons (Fsp3) is 0.318. The van der Waals surface area contributed by atoms with Crippen LogP contribution >= 0.6 is 23.1 Å². The Hall–Kier alpha value is -2.58. The van der Waals surface area contributed by atoms with Crippen LogP contribution in [0.3, 0.4) is 0 Å². The Labute approximate surface area is 183 Å². The molecular weight excluding hydrogens is 418 g/mol. The van der Waals surface area contributed by atoms with Crippen molar-refractivity contribution in [3.05, 3.63) is 52.8 Å². The van der Waals surface area contributed by atoms with E-state index >= 15 is 0 Å². The number of benzene rings is 2. The first kappa shape index (κ1) is 20.7. The molecular formula is C22H23N3O3S2. The topological polar surface area (TPSA) is 63.9 Å². The molecule has 0 atom stereocenters. The van der Waals surface area contributed by atoms with E-state index < -0.39 is 0 Å². The third kappa shape index (κ3) is 4.29. The number of ether oxygens (including phenoxy) is 1. The standard InChI is InChI=1S/C22H23N3O3S2/c1-3-28-16-8-9-18-19(12-16)30-22(24(18)2)23-20(26)13-29-14-21(27)25-11-10-15-6-4-5-7-17(15)25/h4-9,12H,3,10-11,13-14H2,1-2H3. The lowest BCUT2D eigenvalue weighted by Gasteiger charge is -2.16. The fourth-order valence-electron chi connectivity index (χ4n) is 3.52. The molecule has 2 heterocycles. The quantitative estimate of drug-likeness (QED) is 0.588. The first-order valence-electron chi connectivity index (χ1n) is 9.82. The molecule has 0 aliphatic carbocycles. The Kier molecular flexibility index (Phi) is 6.24. The highest BCUT2D eigenvalue weighted by atomic mass is 32.2. The first-order valence-corrected chi connectivity index (χ1v) is 11.8. The molecule has 4 rings (SSSR count). The van der Waals surface area contributed by atoms with Crippen molar-refractivity contribution in [2.45, 2.75) is 13.3 Å². The maximum atomic E-state index is 12.6. The van der Waals surface area contributed by atoms with Crippen LogP contribution in [0, 0.1) is 0 Å². The van der Waals surface area contributed by atoms with Crippen molar-refractivity contribution in [2.24, 2.45) is 12.0 Å². The Balaban J connectivity index is 1.38. The second-order valence-electron chi connectivity index (χ2n) is 6.93. The van der Waals surface area contributed by atoms with Gasteiger partial charge in [0.25, 0.3) is 5.91 Å². The van der Waals surface area contributed by atoms with Gasteiger partial charge < -0.3 is 14.2 Å². The molecule has 1 aliphatic heterocycles. The minimum Gasteiger partial charge on any atom is -0.494 e. The molecule has 0 spiro atoms. The average molecular weight is 442 g/mol. The zero-order valence-electron chi connectivity index (χ0n) is 17.0. The lowest BCUT2D eigenvalue weighted by Crippen LogP contribution is -2.30. The molecule has 1 aromatic heterocycles. The molecule has 0 unspecified atom stereocenters. The van der Waals surface area contributed by atoms with Crippen LogP contribution in [0.4, 0.5) is 5.69 Å². The van der Waals surface area contributed by atoms with Crippen LogP contribution in [-0.4, -0.2) is 41.0 Å². The highest BCUT2D eigenvalue weighted by Crippen LogP contribution is 2.28. The Morgan fingerprint density at radius 1 is 1.20 bits per heavy atom. The number of nitrogens with zero attached hydrogens (tertiary/aromatic N) is 3. The lowest BCUT2D eigenvalue weighted by atomic mass is 10.2. The number of aryl methyl sites for hydroxylation is 1. The van der Waals surface area contributed by atoms with Crippen molar-refractivity contribution in [1.29, 1.82) is 0 Å². The lowest BCUT2D eigenvalue weighted by molar-refractivity contribution is -0.116. The minimum atomic E-state index is -0.234. The van der Waals surface area contributed by atoms with Gasteiger partial charge in [-0.3, -0.25) is 9.59 Å². The molecule has 0 N–H and O–H groups in total. The summed E-state index contributed by atoms with van der Waals surface area (Å²) < 4.78 is 8.47. The number of rotatable bonds is 6. The van der Waals surface area contributed by atoms with Crippen LogP contribution in [0.15, 0.2) is 47.5 Å². The number of thioether (sulfide) groups is 1. The van der Waals surface area contributed by atoms with Crippen molar-refractivity contribution in [2.75, 3.05) is 29.6 Å². The molecule has 0 saturated carbocycles. The van der Waals surface area contributed by atoms with Crippen LogP contribution in [0.1, 0.15) is 12.5 Å². The normalized spacial score (nSPS) is 13.7. The van der Waals surface area contributed by atoms with Crippen molar-refractivity contribution < 1.29 is 14.3 Å². The number of para-hydroxylation sites is 1. The van der Waals surface area contributed by atoms with Gasteiger partial charge in [0, 0.05) is 19.3 Å². The van der Waals surface area contributed by atoms with E-state index in [1.54, 1.807) is 0 Å². The molecule has 0 saturated heterocycles. The Morgan fingerprint density at radius 2 is 2.03 bits per heavy atom. The summed E-state index contributed by atoms with van der Waals surface area (Å²) in [5, 5.41) is 0. The predicted octanol–water partition coefficient (Wildman–Crippen LogP) is 3.39. The Morgan fingerprint density at radius 3 is 2.87 bits per heavy atom. The molecule has 0 bridgehead atoms. The number of hydrogen-bond acceptors (Lipinski definition) is 5. The summed E-state index contributed by atoms with van der Waals surface area (Å²) in [6.45, 7) is 3.26. The second-order valence-corrected chi connectivity index (χ2v) is 8.92. The number of carbonyl (C=O) groups is 2. The maximum absolute atomic E-state index is 12.6. The third-order valence-electron chi connectivity index (χ3n) is 4.95. The number of hydrogen-bond donors (Lipinski definition) is 0. The van der Waals surface area contributed by atoms with Crippen molar-refractivity contribution >= 4 is 50.8 Å². The van der Waals surface area contributed by atoms with E-state index in [2.05, 4.69) is 11.1 Å². The van der Waals surface area contributed by atoms with Gasteiger partial charge in [-0.25, -0.2) is 0 Å². The first-order chi connectivity index (χ1) is 14.6. The van der Waals surface area contributed by atoms with Crippen molar-refractivity contribution in [3.8, 4) is 5.75 Å². The third-order valence-corrected chi connectivity index (χ3v) is 6.95. The van der Waals surface area contributed by atoms with Crippen molar-refractivity contribution in [1.82, 2.24) is 4.57 Å². The van der Waals surface area contributed by atoms with Crippen LogP contribution in [0.2, 0.25) is 0 Å². The second kappa shape index (κ2) is 9.06. The summed E-state index contributed by atoms with van der Waals surface area (Å²) in [6.07, 6.45) is 0.883. The summed E-state index contributed by atoms with van der Waals surface area (Å²) in [4.78, 5) is 31.6. The molecule has 0 radical (unpaired) electrons. The molecule has 2 aromatic carbocycles. The van der Waals surface area contributed by atoms with Crippen LogP contribution < -0.4 is 14.4 Å². The molecule has 0 fully saturated rings. The van der Waals surface area contributed by atoms with Gasteiger partial charge in [0.2, 0.25) is 5.91 Å². The SMILES string of the molecule is CCOc1ccc2c(c1)sc(=NC(=O)CSCC(=O)N1CCc3ccccc31)n2C.